The lowest BCUT2D eigenvalue weighted by atomic mass is 9.97. The van der Waals surface area contributed by atoms with Crippen LogP contribution in [0.25, 0.3) is 0 Å². The second kappa shape index (κ2) is 8.16. The molecule has 1 heterocycles. The van der Waals surface area contributed by atoms with Crippen molar-refractivity contribution in [1.29, 1.82) is 0 Å². The molecule has 3 amide bonds. The summed E-state index contributed by atoms with van der Waals surface area (Å²) in [7, 11) is 0. The number of hydrogen-bond acceptors (Lipinski definition) is 3. The highest BCUT2D eigenvalue weighted by Crippen LogP contribution is 2.37. The van der Waals surface area contributed by atoms with Gasteiger partial charge in [-0.3, -0.25) is 4.79 Å². The molecule has 0 aliphatic heterocycles. The van der Waals surface area contributed by atoms with Crippen LogP contribution in [0, 0.1) is 5.92 Å². The Morgan fingerprint density at radius 1 is 1.16 bits per heavy atom. The van der Waals surface area contributed by atoms with Crippen LogP contribution in [0.4, 0.5) is 10.5 Å². The quantitative estimate of drug-likeness (QED) is 0.734. The lowest BCUT2D eigenvalue weighted by Crippen LogP contribution is -2.35. The van der Waals surface area contributed by atoms with Crippen molar-refractivity contribution in [2.24, 2.45) is 11.7 Å². The molecule has 1 aliphatic rings. The van der Waals surface area contributed by atoms with E-state index in [2.05, 4.69) is 16.7 Å². The number of carbonyl (C=O) groups excluding carboxylic acids is 2. The van der Waals surface area contributed by atoms with Gasteiger partial charge >= 0.3 is 6.03 Å². The summed E-state index contributed by atoms with van der Waals surface area (Å²) in [4.78, 5) is 24.6. The van der Waals surface area contributed by atoms with Crippen LogP contribution >= 0.6 is 11.3 Å². The predicted molar refractivity (Wildman–Crippen MR) is 101 cm³/mol. The number of benzene rings is 1. The molecule has 1 atom stereocenters. The first-order valence-electron chi connectivity index (χ1n) is 8.60. The molecule has 2 aromatic rings. The molecule has 0 saturated heterocycles. The third-order valence-corrected chi connectivity index (χ3v) is 5.55. The van der Waals surface area contributed by atoms with Gasteiger partial charge < -0.3 is 16.4 Å². The number of carbonyl (C=O) groups is 2. The van der Waals surface area contributed by atoms with E-state index in [1.165, 1.54) is 17.7 Å². The monoisotopic (exact) mass is 357 g/mol. The Labute approximate surface area is 151 Å². The number of nitrogens with two attached hydrogens (primary N) is 1. The topological polar surface area (TPSA) is 84.2 Å². The number of nitrogens with one attached hydrogen (secondary N) is 2. The Bertz CT molecular complexity index is 707. The zero-order valence-electron chi connectivity index (χ0n) is 14.0. The summed E-state index contributed by atoms with van der Waals surface area (Å²) >= 11 is 1.69. The van der Waals surface area contributed by atoms with Crippen LogP contribution in [-0.2, 0) is 11.2 Å². The summed E-state index contributed by atoms with van der Waals surface area (Å²) < 4.78 is 0. The maximum Gasteiger partial charge on any atom is 0.319 e. The fourth-order valence-electron chi connectivity index (χ4n) is 3.40. The van der Waals surface area contributed by atoms with Crippen LogP contribution in [0.1, 0.15) is 42.2 Å². The van der Waals surface area contributed by atoms with Crippen molar-refractivity contribution in [3.63, 3.8) is 0 Å². The SMILES string of the molecule is NC(=O)Cc1ccc(NC(=O)N[C@@H](c2cccs2)C2CCCC2)cc1. The summed E-state index contributed by atoms with van der Waals surface area (Å²) in [5, 5.41) is 8.07. The van der Waals surface area contributed by atoms with Crippen LogP contribution in [0.15, 0.2) is 41.8 Å². The normalized spacial score (nSPS) is 15.7. The molecular formula is C19H23N3O2S. The zero-order chi connectivity index (χ0) is 17.6. The summed E-state index contributed by atoms with van der Waals surface area (Å²) in [6.07, 6.45) is 4.98. The van der Waals surface area contributed by atoms with Crippen molar-refractivity contribution in [2.75, 3.05) is 5.32 Å². The van der Waals surface area contributed by atoms with E-state index < -0.39 is 0 Å². The summed E-state index contributed by atoms with van der Waals surface area (Å²) in [6.45, 7) is 0. The zero-order valence-corrected chi connectivity index (χ0v) is 14.9. The van der Waals surface area contributed by atoms with Gasteiger partial charge in [0.2, 0.25) is 5.91 Å². The molecule has 0 bridgehead atoms. The number of rotatable bonds is 6. The molecule has 0 unspecified atom stereocenters. The Hall–Kier alpha value is -2.34. The maximum atomic E-state index is 12.4. The van der Waals surface area contributed by atoms with E-state index in [4.69, 9.17) is 5.73 Å². The number of hydrogen-bond donors (Lipinski definition) is 3. The molecule has 1 aromatic heterocycles. The standard InChI is InChI=1S/C19H23N3O2S/c20-17(23)12-13-7-9-15(10-8-13)21-19(24)22-18(14-4-1-2-5-14)16-6-3-11-25-16/h3,6-11,14,18H,1-2,4-5,12H2,(H2,20,23)(H2,21,22,24)/t18-/m1/s1. The highest BCUT2D eigenvalue weighted by Gasteiger charge is 2.28. The minimum atomic E-state index is -0.367. The molecule has 25 heavy (non-hydrogen) atoms. The van der Waals surface area contributed by atoms with E-state index in [-0.39, 0.29) is 24.4 Å². The van der Waals surface area contributed by atoms with Gasteiger partial charge in [-0.15, -0.1) is 11.3 Å². The minimum Gasteiger partial charge on any atom is -0.369 e. The molecule has 1 fully saturated rings. The summed E-state index contributed by atoms with van der Waals surface area (Å²) in [5.74, 6) is 0.135. The van der Waals surface area contributed by atoms with Crippen LogP contribution in [0.3, 0.4) is 0 Å². The van der Waals surface area contributed by atoms with E-state index in [1.807, 2.05) is 11.4 Å². The first-order valence-corrected chi connectivity index (χ1v) is 9.48. The third-order valence-electron chi connectivity index (χ3n) is 4.60. The lowest BCUT2D eigenvalue weighted by Gasteiger charge is -2.24. The van der Waals surface area contributed by atoms with Gasteiger partial charge in [0.05, 0.1) is 12.5 Å². The van der Waals surface area contributed by atoms with Gasteiger partial charge in [0, 0.05) is 10.6 Å². The van der Waals surface area contributed by atoms with Crippen molar-refractivity contribution in [3.05, 3.63) is 52.2 Å². The first-order chi connectivity index (χ1) is 12.1. The molecule has 1 aliphatic carbocycles. The van der Waals surface area contributed by atoms with Crippen molar-refractivity contribution in [2.45, 2.75) is 38.1 Å². The number of urea groups is 1. The van der Waals surface area contributed by atoms with Crippen molar-refractivity contribution in [1.82, 2.24) is 5.32 Å². The van der Waals surface area contributed by atoms with Gasteiger partial charge in [0.1, 0.15) is 0 Å². The van der Waals surface area contributed by atoms with Crippen LogP contribution in [-0.4, -0.2) is 11.9 Å². The van der Waals surface area contributed by atoms with E-state index >= 15 is 0 Å². The predicted octanol–water partition coefficient (Wildman–Crippen LogP) is 3.83. The fourth-order valence-corrected chi connectivity index (χ4v) is 4.27. The average molecular weight is 357 g/mol. The minimum absolute atomic E-state index is 0.0663. The van der Waals surface area contributed by atoms with Crippen molar-refractivity contribution >= 4 is 29.0 Å². The molecule has 0 spiro atoms. The van der Waals surface area contributed by atoms with E-state index in [0.29, 0.717) is 11.6 Å². The maximum absolute atomic E-state index is 12.4. The molecule has 6 heteroatoms. The van der Waals surface area contributed by atoms with Gasteiger partial charge in [-0.1, -0.05) is 31.0 Å². The smallest absolute Gasteiger partial charge is 0.319 e. The van der Waals surface area contributed by atoms with Crippen molar-refractivity contribution < 1.29 is 9.59 Å². The van der Waals surface area contributed by atoms with Crippen molar-refractivity contribution in [3.8, 4) is 0 Å². The second-order valence-electron chi connectivity index (χ2n) is 6.48. The summed E-state index contributed by atoms with van der Waals surface area (Å²) in [5.41, 5.74) is 6.72. The van der Waals surface area contributed by atoms with E-state index in [1.54, 1.807) is 35.6 Å². The largest absolute Gasteiger partial charge is 0.369 e. The Morgan fingerprint density at radius 3 is 2.48 bits per heavy atom. The highest BCUT2D eigenvalue weighted by atomic mass is 32.1. The van der Waals surface area contributed by atoms with E-state index in [0.717, 1.165) is 18.4 Å². The first kappa shape index (κ1) is 17.5. The number of thiophene rings is 1. The van der Waals surface area contributed by atoms with Gasteiger partial charge in [0.15, 0.2) is 0 Å². The highest BCUT2D eigenvalue weighted by molar-refractivity contribution is 7.10. The molecule has 4 N–H and O–H groups in total. The van der Waals surface area contributed by atoms with Crippen LogP contribution in [0.2, 0.25) is 0 Å². The molecule has 1 aromatic carbocycles. The Morgan fingerprint density at radius 2 is 1.88 bits per heavy atom. The molecular weight excluding hydrogens is 334 g/mol. The Kier molecular flexibility index (Phi) is 5.71. The molecule has 1 saturated carbocycles. The molecule has 132 valence electrons. The third kappa shape index (κ3) is 4.82. The Balaban J connectivity index is 1.62. The molecule has 0 radical (unpaired) electrons. The van der Waals surface area contributed by atoms with Crippen LogP contribution < -0.4 is 16.4 Å². The van der Waals surface area contributed by atoms with Gasteiger partial charge in [-0.05, 0) is 47.9 Å². The van der Waals surface area contributed by atoms with Gasteiger partial charge in [-0.25, -0.2) is 4.79 Å². The number of amides is 3. The fraction of sp³-hybridized carbons (Fsp3) is 0.368. The van der Waals surface area contributed by atoms with Crippen LogP contribution in [0.5, 0.6) is 0 Å². The molecule has 5 nitrogen and oxygen atoms in total. The summed E-state index contributed by atoms with van der Waals surface area (Å²) in [6, 6.07) is 11.2. The number of anilines is 1. The number of primary amides is 1. The molecule has 3 rings (SSSR count). The van der Waals surface area contributed by atoms with E-state index in [9.17, 15) is 9.59 Å². The lowest BCUT2D eigenvalue weighted by molar-refractivity contribution is -0.117. The van der Waals surface area contributed by atoms with Gasteiger partial charge in [-0.2, -0.15) is 0 Å². The van der Waals surface area contributed by atoms with Gasteiger partial charge in [0.25, 0.3) is 0 Å². The average Bonchev–Trinajstić information content (AvgIpc) is 3.28. The second-order valence-corrected chi connectivity index (χ2v) is 7.46.